The number of nitrogens with one attached hydrogen (secondary N) is 1. The predicted molar refractivity (Wildman–Crippen MR) is 185 cm³/mol. The van der Waals surface area contributed by atoms with E-state index in [0.29, 0.717) is 5.02 Å². The first-order chi connectivity index (χ1) is 23.4. The minimum atomic E-state index is -5.48. The third-order valence-electron chi connectivity index (χ3n) is 7.85. The molecule has 21 heteroatoms. The number of fused-ring (bicyclic) bond motifs is 1. The van der Waals surface area contributed by atoms with Crippen molar-refractivity contribution >= 4 is 44.4 Å². The first-order valence-corrected chi connectivity index (χ1v) is 19.5. The van der Waals surface area contributed by atoms with Crippen LogP contribution in [0.5, 0.6) is 0 Å². The van der Waals surface area contributed by atoms with Crippen molar-refractivity contribution in [3.05, 3.63) is 51.5 Å². The van der Waals surface area contributed by atoms with Crippen LogP contribution in [0.4, 0.5) is 5.95 Å². The van der Waals surface area contributed by atoms with Crippen molar-refractivity contribution in [2.45, 2.75) is 72.6 Å². The molecule has 7 N–H and O–H groups in total. The summed E-state index contributed by atoms with van der Waals surface area (Å²) in [7, 11) is -10.9. The number of H-pyrrole nitrogens is 1. The van der Waals surface area contributed by atoms with Crippen LogP contribution in [0.2, 0.25) is 5.02 Å². The second kappa shape index (κ2) is 20.1. The molecule has 0 spiro atoms. The Morgan fingerprint density at radius 2 is 1.52 bits per heavy atom. The summed E-state index contributed by atoms with van der Waals surface area (Å²) in [5.41, 5.74) is 5.89. The van der Waals surface area contributed by atoms with E-state index in [-0.39, 0.29) is 23.7 Å². The van der Waals surface area contributed by atoms with Crippen LogP contribution in [0.1, 0.15) is 53.3 Å². The number of nitrogens with zero attached hydrogens (tertiary/aromatic N) is 5. The van der Waals surface area contributed by atoms with E-state index in [1.54, 1.807) is 24.3 Å². The van der Waals surface area contributed by atoms with Crippen molar-refractivity contribution in [3.8, 4) is 0 Å². The van der Waals surface area contributed by atoms with E-state index in [0.717, 1.165) is 5.56 Å². The lowest BCUT2D eigenvalue weighted by Crippen LogP contribution is -2.46. The van der Waals surface area contributed by atoms with Crippen LogP contribution in [-0.4, -0.2) is 109 Å². The number of aliphatic hydroxyl groups is 2. The molecule has 1 aliphatic heterocycles. The standard InChI is InChI=1S/C17H20ClN5O11P2.2C6H15N/c18-9-3-1-8(2-4-9)5-22-7-23(14-11(22)15(26)21-17(19)20-14)16-13(25)12(24)10(33-16)6-32-36(30,31)34-35(27,28)29;2*1-4-7(5-2)6-3/h1-4,7,10,12-13,16,24-25H,5-6H2,(H5-,19,20,21,26,27,28,29,30,31);2*4-6H2,1-3H3/t10-,12-,13-,16-;;/m1../s1. The summed E-state index contributed by atoms with van der Waals surface area (Å²) in [6, 6.07) is 6.78. The van der Waals surface area contributed by atoms with Crippen LogP contribution >= 0.6 is 27.2 Å². The predicted octanol–water partition coefficient (Wildman–Crippen LogP) is 1.21. The minimum Gasteiger partial charge on any atom is -0.756 e. The third-order valence-corrected chi connectivity index (χ3v) is 10.2. The van der Waals surface area contributed by atoms with Gasteiger partial charge in [-0.3, -0.25) is 18.9 Å². The molecule has 2 aromatic heterocycles. The molecule has 0 saturated carbocycles. The molecule has 1 fully saturated rings. The highest BCUT2D eigenvalue weighted by atomic mass is 35.5. The lowest BCUT2D eigenvalue weighted by molar-refractivity contribution is -0.745. The van der Waals surface area contributed by atoms with Crippen molar-refractivity contribution in [1.82, 2.24) is 24.3 Å². The molecule has 1 unspecified atom stereocenters. The number of benzene rings is 1. The SMILES string of the molecule is CCN(CC)CC.CCN(CC)CC.Nc1nc2c(c(=O)[nH]1)n(Cc1ccc(Cl)cc1)c[n+]2[C@@H]1O[C@H](COP(=O)([O-])OP(=O)(O)O)[C@@H](O)[C@H]1O. The quantitative estimate of drug-likeness (QED) is 0.0996. The van der Waals surface area contributed by atoms with Gasteiger partial charge < -0.3 is 49.7 Å². The number of phosphoric acid groups is 2. The summed E-state index contributed by atoms with van der Waals surface area (Å²) >= 11 is 5.92. The van der Waals surface area contributed by atoms with E-state index in [4.69, 9.17) is 31.9 Å². The molecule has 3 heterocycles. The fourth-order valence-electron chi connectivity index (χ4n) is 5.02. The molecule has 284 valence electrons. The third kappa shape index (κ3) is 13.0. The Morgan fingerprint density at radius 3 is 1.98 bits per heavy atom. The highest BCUT2D eigenvalue weighted by Gasteiger charge is 2.47. The summed E-state index contributed by atoms with van der Waals surface area (Å²) in [6.07, 6.45) is -4.83. The Balaban J connectivity index is 0.000000521. The van der Waals surface area contributed by atoms with Crippen molar-refractivity contribution < 1.29 is 52.2 Å². The molecule has 4 rings (SSSR count). The average molecular weight is 770 g/mol. The van der Waals surface area contributed by atoms with Gasteiger partial charge in [-0.15, -0.1) is 0 Å². The van der Waals surface area contributed by atoms with E-state index in [1.165, 1.54) is 54.7 Å². The van der Waals surface area contributed by atoms with Crippen molar-refractivity contribution in [3.63, 3.8) is 0 Å². The number of hydrogen-bond donors (Lipinski definition) is 6. The molecule has 50 heavy (non-hydrogen) atoms. The smallest absolute Gasteiger partial charge is 0.476 e. The number of nitrogens with two attached hydrogens (primary N) is 1. The monoisotopic (exact) mass is 769 g/mol. The molecule has 5 atom stereocenters. The van der Waals surface area contributed by atoms with Gasteiger partial charge in [0.15, 0.2) is 6.33 Å². The molecule has 0 amide bonds. The Morgan fingerprint density at radius 1 is 1.00 bits per heavy atom. The van der Waals surface area contributed by atoms with Crippen molar-refractivity contribution in [1.29, 1.82) is 0 Å². The van der Waals surface area contributed by atoms with E-state index in [2.05, 4.69) is 70.1 Å². The van der Waals surface area contributed by atoms with E-state index >= 15 is 0 Å². The molecule has 0 bridgehead atoms. The van der Waals surface area contributed by atoms with Gasteiger partial charge in [-0.1, -0.05) is 70.3 Å². The Labute approximate surface area is 296 Å². The van der Waals surface area contributed by atoms with Gasteiger partial charge in [0.1, 0.15) is 18.3 Å². The highest BCUT2D eigenvalue weighted by molar-refractivity contribution is 7.60. The average Bonchev–Trinajstić information content (AvgIpc) is 3.54. The number of imidazole rings is 1. The van der Waals surface area contributed by atoms with Gasteiger partial charge in [0.25, 0.3) is 19.3 Å². The number of halogens is 1. The van der Waals surface area contributed by atoms with Gasteiger partial charge >= 0.3 is 13.5 Å². The molecule has 18 nitrogen and oxygen atoms in total. The fraction of sp³-hybridized carbons (Fsp3) is 0.621. The summed E-state index contributed by atoms with van der Waals surface area (Å²) < 4.78 is 38.6. The number of nitrogen functional groups attached to an aromatic ring is 1. The van der Waals surface area contributed by atoms with Gasteiger partial charge in [0.2, 0.25) is 11.7 Å². The van der Waals surface area contributed by atoms with Crippen LogP contribution in [0.3, 0.4) is 0 Å². The number of rotatable bonds is 14. The largest absolute Gasteiger partial charge is 0.756 e. The molecule has 0 aliphatic carbocycles. The summed E-state index contributed by atoms with van der Waals surface area (Å²) in [5.74, 6) is -0.236. The first-order valence-electron chi connectivity index (χ1n) is 16.2. The van der Waals surface area contributed by atoms with E-state index in [9.17, 15) is 29.0 Å². The van der Waals surface area contributed by atoms with Gasteiger partial charge in [0, 0.05) is 5.02 Å². The zero-order valence-corrected chi connectivity index (χ0v) is 31.6. The number of aliphatic hydroxyl groups excluding tert-OH is 2. The molecular weight excluding hydrogens is 720 g/mol. The number of aromatic amines is 1. The number of anilines is 1. The van der Waals surface area contributed by atoms with Crippen LogP contribution in [0, 0.1) is 0 Å². The summed E-state index contributed by atoms with van der Waals surface area (Å²) in [4.78, 5) is 52.8. The maximum Gasteiger partial charge on any atom is 0.476 e. The molecule has 1 aliphatic rings. The van der Waals surface area contributed by atoms with Gasteiger partial charge in [-0.05, 0) is 57.0 Å². The maximum atomic E-state index is 12.7. The zero-order valence-electron chi connectivity index (χ0n) is 29.1. The summed E-state index contributed by atoms with van der Waals surface area (Å²) in [5, 5.41) is 21.5. The van der Waals surface area contributed by atoms with E-state index in [1.807, 2.05) is 0 Å². The number of ether oxygens (including phenoxy) is 1. The minimum absolute atomic E-state index is 0.0117. The molecule has 1 saturated heterocycles. The second-order valence-corrected chi connectivity index (χ2v) is 14.2. The highest BCUT2D eigenvalue weighted by Crippen LogP contribution is 2.55. The molecule has 1 aromatic carbocycles. The second-order valence-electron chi connectivity index (χ2n) is 11.0. The molecule has 0 radical (unpaired) electrons. The number of hydrogen-bond acceptors (Lipinski definition) is 13. The summed E-state index contributed by atoms with van der Waals surface area (Å²) in [6.45, 7) is 19.5. The molecular formula is C29H50ClN7O11P2. The van der Waals surface area contributed by atoms with Crippen LogP contribution < -0.4 is 20.8 Å². The van der Waals surface area contributed by atoms with Gasteiger partial charge in [-0.2, -0.15) is 0 Å². The fourth-order valence-corrected chi connectivity index (χ4v) is 6.71. The first kappa shape index (κ1) is 43.9. The Bertz CT molecular complexity index is 1610. The number of phosphoric ester groups is 1. The van der Waals surface area contributed by atoms with Crippen molar-refractivity contribution in [2.24, 2.45) is 0 Å². The maximum absolute atomic E-state index is 12.7. The normalized spacial score (nSPS) is 20.4. The lowest BCUT2D eigenvalue weighted by Gasteiger charge is -2.24. The van der Waals surface area contributed by atoms with Crippen molar-refractivity contribution in [2.75, 3.05) is 51.6 Å². The van der Waals surface area contributed by atoms with Crippen LogP contribution in [0.25, 0.3) is 11.2 Å². The van der Waals surface area contributed by atoms with E-state index < -0.39 is 52.4 Å². The topological polar surface area (TPSA) is 253 Å². The zero-order chi connectivity index (χ0) is 37.8. The number of aromatic nitrogens is 4. The van der Waals surface area contributed by atoms with Gasteiger partial charge in [-0.25, -0.2) is 13.4 Å². The van der Waals surface area contributed by atoms with Crippen LogP contribution in [0.15, 0.2) is 35.4 Å². The Kier molecular flexibility index (Phi) is 17.6. The molecule has 3 aromatic rings. The van der Waals surface area contributed by atoms with Gasteiger partial charge in [0.05, 0.1) is 13.2 Å². The Hall–Kier alpha value is -2.28. The lowest BCUT2D eigenvalue weighted by atomic mass is 10.1. The van der Waals surface area contributed by atoms with Crippen LogP contribution in [-0.2, 0) is 29.2 Å².